The van der Waals surface area contributed by atoms with Gasteiger partial charge in [-0.25, -0.2) is 19.4 Å². The smallest absolute Gasteiger partial charge is 0.417 e. The molecule has 0 unspecified atom stereocenters. The quantitative estimate of drug-likeness (QED) is 0.600. The van der Waals surface area contributed by atoms with Crippen LogP contribution in [0.4, 0.5) is 13.2 Å². The maximum absolute atomic E-state index is 13.5. The first-order valence-corrected chi connectivity index (χ1v) is 9.63. The van der Waals surface area contributed by atoms with Crippen molar-refractivity contribution in [1.82, 2.24) is 19.7 Å². The van der Waals surface area contributed by atoms with Gasteiger partial charge in [-0.3, -0.25) is 4.79 Å². The highest BCUT2D eigenvalue weighted by Crippen LogP contribution is 2.37. The van der Waals surface area contributed by atoms with E-state index in [1.165, 1.54) is 10.7 Å². The van der Waals surface area contributed by atoms with E-state index >= 15 is 0 Å². The zero-order chi connectivity index (χ0) is 22.3. The fourth-order valence-electron chi connectivity index (χ4n) is 3.60. The lowest BCUT2D eigenvalue weighted by Crippen LogP contribution is -2.16. The minimum Gasteiger partial charge on any atom is -0.478 e. The van der Waals surface area contributed by atoms with Gasteiger partial charge >= 0.3 is 12.1 Å². The second-order valence-corrected chi connectivity index (χ2v) is 7.37. The maximum atomic E-state index is 13.5. The number of fused-ring (bicyclic) bond motifs is 1. The number of benzene rings is 1. The Balaban J connectivity index is 1.86. The van der Waals surface area contributed by atoms with Crippen LogP contribution in [0.5, 0.6) is 0 Å². The number of ketones is 1. The van der Waals surface area contributed by atoms with Gasteiger partial charge in [0.05, 0.1) is 27.4 Å². The minimum atomic E-state index is -4.77. The SMILES string of the molecule is O=C(O)c1cnc(-n2nc(C(=O)c3c(Cl)cccc3C(F)(F)F)c3c2CCCC3)nc1. The maximum Gasteiger partial charge on any atom is 0.417 e. The largest absolute Gasteiger partial charge is 0.478 e. The Bertz CT molecular complexity index is 1190. The molecule has 31 heavy (non-hydrogen) atoms. The van der Waals surface area contributed by atoms with Crippen molar-refractivity contribution in [3.63, 3.8) is 0 Å². The van der Waals surface area contributed by atoms with E-state index in [9.17, 15) is 22.8 Å². The number of nitrogens with zero attached hydrogens (tertiary/aromatic N) is 4. The molecular weight excluding hydrogens is 437 g/mol. The molecule has 11 heteroatoms. The van der Waals surface area contributed by atoms with Gasteiger partial charge in [-0.2, -0.15) is 18.3 Å². The van der Waals surface area contributed by atoms with Crippen LogP contribution in [0.15, 0.2) is 30.6 Å². The number of aromatic nitrogens is 4. The molecule has 3 aromatic rings. The fraction of sp³-hybridized carbons (Fsp3) is 0.250. The van der Waals surface area contributed by atoms with E-state index in [1.54, 1.807) is 0 Å². The molecule has 1 aliphatic rings. The molecule has 2 heterocycles. The second-order valence-electron chi connectivity index (χ2n) is 6.96. The van der Waals surface area contributed by atoms with Crippen molar-refractivity contribution in [2.24, 2.45) is 0 Å². The number of rotatable bonds is 4. The number of halogens is 4. The van der Waals surface area contributed by atoms with Crippen molar-refractivity contribution in [3.8, 4) is 5.95 Å². The lowest BCUT2D eigenvalue weighted by atomic mass is 9.92. The number of aromatic carboxylic acids is 1. The summed E-state index contributed by atoms with van der Waals surface area (Å²) in [5.41, 5.74) is -0.928. The van der Waals surface area contributed by atoms with Gasteiger partial charge in [0.2, 0.25) is 5.78 Å². The molecular formula is C20H14ClF3N4O3. The van der Waals surface area contributed by atoms with E-state index in [0.717, 1.165) is 37.4 Å². The van der Waals surface area contributed by atoms with Crippen LogP contribution in [-0.2, 0) is 19.0 Å². The molecule has 0 atom stereocenters. The molecule has 0 saturated heterocycles. The zero-order valence-electron chi connectivity index (χ0n) is 15.8. The minimum absolute atomic E-state index is 0.0254. The number of carbonyl (C=O) groups excluding carboxylic acids is 1. The van der Waals surface area contributed by atoms with Gasteiger partial charge in [0.15, 0.2) is 0 Å². The summed E-state index contributed by atoms with van der Waals surface area (Å²) in [7, 11) is 0. The number of carbonyl (C=O) groups is 2. The Hall–Kier alpha value is -3.27. The molecule has 0 amide bonds. The normalized spacial score (nSPS) is 13.7. The van der Waals surface area contributed by atoms with Gasteiger partial charge in [-0.05, 0) is 37.8 Å². The van der Waals surface area contributed by atoms with Gasteiger partial charge in [-0.1, -0.05) is 17.7 Å². The molecule has 7 nitrogen and oxygen atoms in total. The first-order valence-electron chi connectivity index (χ1n) is 9.25. The zero-order valence-corrected chi connectivity index (χ0v) is 16.5. The van der Waals surface area contributed by atoms with Crippen LogP contribution in [0, 0.1) is 0 Å². The van der Waals surface area contributed by atoms with Gasteiger partial charge in [0, 0.05) is 18.0 Å². The Morgan fingerprint density at radius 3 is 2.42 bits per heavy atom. The highest BCUT2D eigenvalue weighted by molar-refractivity contribution is 6.35. The molecule has 160 valence electrons. The number of alkyl halides is 3. The summed E-state index contributed by atoms with van der Waals surface area (Å²) in [5, 5.41) is 12.9. The molecule has 1 aliphatic carbocycles. The summed E-state index contributed by atoms with van der Waals surface area (Å²) >= 11 is 6.00. The molecule has 0 saturated carbocycles. The van der Waals surface area contributed by atoms with E-state index in [2.05, 4.69) is 15.1 Å². The number of hydrogen-bond donors (Lipinski definition) is 1. The van der Waals surface area contributed by atoms with Gasteiger partial charge in [0.1, 0.15) is 5.69 Å². The van der Waals surface area contributed by atoms with Gasteiger partial charge < -0.3 is 5.11 Å². The Morgan fingerprint density at radius 1 is 1.10 bits per heavy atom. The van der Waals surface area contributed by atoms with E-state index in [0.29, 0.717) is 24.1 Å². The molecule has 4 rings (SSSR count). The summed E-state index contributed by atoms with van der Waals surface area (Å²) in [4.78, 5) is 32.2. The molecule has 0 radical (unpaired) electrons. The molecule has 0 spiro atoms. The average Bonchev–Trinajstić information content (AvgIpc) is 3.12. The van der Waals surface area contributed by atoms with Crippen molar-refractivity contribution in [2.45, 2.75) is 31.9 Å². The molecule has 1 aromatic carbocycles. The first kappa shape index (κ1) is 21.0. The van der Waals surface area contributed by atoms with E-state index in [-0.39, 0.29) is 22.2 Å². The Morgan fingerprint density at radius 2 is 1.77 bits per heavy atom. The first-order chi connectivity index (χ1) is 14.7. The third kappa shape index (κ3) is 3.78. The monoisotopic (exact) mass is 450 g/mol. The van der Waals surface area contributed by atoms with Gasteiger partial charge in [0.25, 0.3) is 5.95 Å². The van der Waals surface area contributed by atoms with Crippen molar-refractivity contribution in [3.05, 3.63) is 69.3 Å². The summed E-state index contributed by atoms with van der Waals surface area (Å²) in [6, 6.07) is 3.16. The summed E-state index contributed by atoms with van der Waals surface area (Å²) in [5.74, 6) is -2.11. The third-order valence-corrected chi connectivity index (χ3v) is 5.33. The third-order valence-electron chi connectivity index (χ3n) is 5.02. The number of hydrogen-bond acceptors (Lipinski definition) is 5. The lowest BCUT2D eigenvalue weighted by molar-refractivity contribution is -0.137. The van der Waals surface area contributed by atoms with Crippen LogP contribution in [0.2, 0.25) is 5.02 Å². The highest BCUT2D eigenvalue weighted by atomic mass is 35.5. The van der Waals surface area contributed by atoms with Crippen LogP contribution in [0.1, 0.15) is 56.1 Å². The topological polar surface area (TPSA) is 98.0 Å². The average molecular weight is 451 g/mol. The van der Waals surface area contributed by atoms with Crippen LogP contribution in [0.25, 0.3) is 5.95 Å². The second kappa shape index (κ2) is 7.77. The standard InChI is InChI=1S/C20H14ClF3N4O3/c21-13-6-3-5-12(20(22,23)24)15(13)17(29)16-11-4-1-2-7-14(11)28(27-16)19-25-8-10(9-26-19)18(30)31/h3,5-6,8-9H,1-2,4,7H2,(H,30,31). The van der Waals surface area contributed by atoms with E-state index < -0.39 is 29.1 Å². The summed E-state index contributed by atoms with van der Waals surface area (Å²) in [6.45, 7) is 0. The molecule has 0 fully saturated rings. The fourth-order valence-corrected chi connectivity index (χ4v) is 3.86. The molecule has 1 N–H and O–H groups in total. The molecule has 0 aliphatic heterocycles. The Labute approximate surface area is 178 Å². The van der Waals surface area contributed by atoms with Crippen molar-refractivity contribution >= 4 is 23.4 Å². The highest BCUT2D eigenvalue weighted by Gasteiger charge is 2.38. The van der Waals surface area contributed by atoms with Crippen molar-refractivity contribution in [1.29, 1.82) is 0 Å². The number of carboxylic acid groups (broad SMARTS) is 1. The van der Waals surface area contributed by atoms with Crippen molar-refractivity contribution in [2.75, 3.05) is 0 Å². The summed E-state index contributed by atoms with van der Waals surface area (Å²) < 4.78 is 41.8. The van der Waals surface area contributed by atoms with Crippen LogP contribution in [0.3, 0.4) is 0 Å². The van der Waals surface area contributed by atoms with E-state index in [4.69, 9.17) is 16.7 Å². The Kier molecular flexibility index (Phi) is 5.26. The lowest BCUT2D eigenvalue weighted by Gasteiger charge is -2.15. The van der Waals surface area contributed by atoms with Crippen molar-refractivity contribution < 1.29 is 27.9 Å². The van der Waals surface area contributed by atoms with Gasteiger partial charge in [-0.15, -0.1) is 0 Å². The summed E-state index contributed by atoms with van der Waals surface area (Å²) in [6.07, 6.45) is -0.0678. The number of carboxylic acids is 1. The predicted octanol–water partition coefficient (Wildman–Crippen LogP) is 4.14. The van der Waals surface area contributed by atoms with Crippen LogP contribution < -0.4 is 0 Å². The predicted molar refractivity (Wildman–Crippen MR) is 103 cm³/mol. The molecule has 2 aromatic heterocycles. The van der Waals surface area contributed by atoms with Crippen LogP contribution in [-0.4, -0.2) is 36.6 Å². The molecule has 0 bridgehead atoms. The van der Waals surface area contributed by atoms with Crippen LogP contribution >= 0.6 is 11.6 Å². The van der Waals surface area contributed by atoms with E-state index in [1.807, 2.05) is 0 Å².